The lowest BCUT2D eigenvalue weighted by atomic mass is 10.0. The predicted molar refractivity (Wildman–Crippen MR) is 82.4 cm³/mol. The van der Waals surface area contributed by atoms with Crippen LogP contribution < -0.4 is 16.8 Å². The number of hydrogen-bond acceptors (Lipinski definition) is 3. The molecule has 2 aromatic rings. The molecule has 110 valence electrons. The summed E-state index contributed by atoms with van der Waals surface area (Å²) in [7, 11) is 0. The molecule has 0 spiro atoms. The van der Waals surface area contributed by atoms with Crippen LogP contribution in [0.3, 0.4) is 0 Å². The number of amides is 1. The number of carbonyl (C=O) groups excluding carboxylic acids is 1. The third-order valence-corrected chi connectivity index (χ3v) is 3.34. The molecule has 0 aromatic heterocycles. The van der Waals surface area contributed by atoms with Gasteiger partial charge in [-0.15, -0.1) is 0 Å². The Hall–Kier alpha value is -2.56. The fourth-order valence-electron chi connectivity index (χ4n) is 2.21. The normalized spacial score (nSPS) is 11.9. The standard InChI is InChI=1S/C16H18FN3O/c1-2-14(10-6-4-3-5-7-10)20-15-8-11(16(19)21)13(18)9-12(15)17/h3-9,14,20H,2,18H2,1H3,(H2,19,21). The number of primary amides is 1. The zero-order chi connectivity index (χ0) is 15.4. The smallest absolute Gasteiger partial charge is 0.250 e. The zero-order valence-corrected chi connectivity index (χ0v) is 11.8. The molecule has 0 aliphatic heterocycles. The quantitative estimate of drug-likeness (QED) is 0.739. The summed E-state index contributed by atoms with van der Waals surface area (Å²) in [6, 6.07) is 12.1. The van der Waals surface area contributed by atoms with Crippen LogP contribution in [0.4, 0.5) is 15.8 Å². The monoisotopic (exact) mass is 287 g/mol. The van der Waals surface area contributed by atoms with Crippen molar-refractivity contribution >= 4 is 17.3 Å². The maximum atomic E-state index is 14.0. The van der Waals surface area contributed by atoms with Crippen molar-refractivity contribution in [3.05, 3.63) is 59.4 Å². The summed E-state index contributed by atoms with van der Waals surface area (Å²) in [4.78, 5) is 11.3. The number of anilines is 2. The molecule has 5 N–H and O–H groups in total. The highest BCUT2D eigenvalue weighted by atomic mass is 19.1. The molecule has 0 saturated carbocycles. The van der Waals surface area contributed by atoms with E-state index in [1.807, 2.05) is 37.3 Å². The van der Waals surface area contributed by atoms with Gasteiger partial charge in [-0.2, -0.15) is 0 Å². The van der Waals surface area contributed by atoms with Crippen LogP contribution in [0.25, 0.3) is 0 Å². The van der Waals surface area contributed by atoms with Crippen LogP contribution in [0.2, 0.25) is 0 Å². The van der Waals surface area contributed by atoms with E-state index in [4.69, 9.17) is 11.5 Å². The largest absolute Gasteiger partial charge is 0.398 e. The van der Waals surface area contributed by atoms with Crippen molar-refractivity contribution in [1.29, 1.82) is 0 Å². The van der Waals surface area contributed by atoms with Gasteiger partial charge in [0.1, 0.15) is 5.82 Å². The van der Waals surface area contributed by atoms with Gasteiger partial charge in [-0.25, -0.2) is 4.39 Å². The molecule has 2 rings (SSSR count). The van der Waals surface area contributed by atoms with Crippen LogP contribution >= 0.6 is 0 Å². The van der Waals surface area contributed by atoms with E-state index in [0.29, 0.717) is 0 Å². The lowest BCUT2D eigenvalue weighted by Gasteiger charge is -2.20. The second-order valence-corrected chi connectivity index (χ2v) is 4.80. The highest BCUT2D eigenvalue weighted by Crippen LogP contribution is 2.27. The molecule has 1 amide bonds. The van der Waals surface area contributed by atoms with Gasteiger partial charge < -0.3 is 16.8 Å². The fraction of sp³-hybridized carbons (Fsp3) is 0.188. The Morgan fingerprint density at radius 1 is 1.29 bits per heavy atom. The van der Waals surface area contributed by atoms with E-state index in [9.17, 15) is 9.18 Å². The first-order valence-corrected chi connectivity index (χ1v) is 6.73. The molecule has 0 heterocycles. The molecular weight excluding hydrogens is 269 g/mol. The maximum absolute atomic E-state index is 14.0. The Morgan fingerprint density at radius 2 is 1.95 bits per heavy atom. The van der Waals surface area contributed by atoms with Crippen LogP contribution in [0, 0.1) is 5.82 Å². The first-order chi connectivity index (χ1) is 10.0. The summed E-state index contributed by atoms with van der Waals surface area (Å²) < 4.78 is 14.0. The number of nitrogen functional groups attached to an aromatic ring is 1. The summed E-state index contributed by atoms with van der Waals surface area (Å²) in [5, 5.41) is 3.10. The average molecular weight is 287 g/mol. The molecule has 1 unspecified atom stereocenters. The van der Waals surface area contributed by atoms with E-state index in [1.165, 1.54) is 6.07 Å². The highest BCUT2D eigenvalue weighted by molar-refractivity contribution is 5.99. The van der Waals surface area contributed by atoms with Gasteiger partial charge in [-0.05, 0) is 24.1 Å². The van der Waals surface area contributed by atoms with Crippen LogP contribution in [-0.4, -0.2) is 5.91 Å². The van der Waals surface area contributed by atoms with E-state index in [2.05, 4.69) is 5.32 Å². The van der Waals surface area contributed by atoms with E-state index in [1.54, 1.807) is 0 Å². The Kier molecular flexibility index (Phi) is 4.42. The Morgan fingerprint density at radius 3 is 2.52 bits per heavy atom. The summed E-state index contributed by atoms with van der Waals surface area (Å²) in [6.45, 7) is 1.99. The second-order valence-electron chi connectivity index (χ2n) is 4.80. The summed E-state index contributed by atoms with van der Waals surface area (Å²) in [5.74, 6) is -1.19. The van der Waals surface area contributed by atoms with Crippen molar-refractivity contribution < 1.29 is 9.18 Å². The van der Waals surface area contributed by atoms with Crippen molar-refractivity contribution in [2.75, 3.05) is 11.1 Å². The Bertz CT molecular complexity index is 643. The summed E-state index contributed by atoms with van der Waals surface area (Å²) in [5.41, 5.74) is 12.2. The van der Waals surface area contributed by atoms with Crippen LogP contribution in [0.5, 0.6) is 0 Å². The Labute approximate surface area is 123 Å². The first kappa shape index (κ1) is 14.8. The van der Waals surface area contributed by atoms with Crippen molar-refractivity contribution in [2.24, 2.45) is 5.73 Å². The SMILES string of the molecule is CCC(Nc1cc(C(N)=O)c(N)cc1F)c1ccccc1. The molecular formula is C16H18FN3O. The van der Waals surface area contributed by atoms with Gasteiger partial charge in [0.05, 0.1) is 17.3 Å². The molecule has 0 bridgehead atoms. The number of nitrogens with one attached hydrogen (secondary N) is 1. The van der Waals surface area contributed by atoms with Crippen LogP contribution in [0.1, 0.15) is 35.3 Å². The number of rotatable bonds is 5. The zero-order valence-electron chi connectivity index (χ0n) is 11.8. The van der Waals surface area contributed by atoms with Crippen molar-refractivity contribution in [1.82, 2.24) is 0 Å². The van der Waals surface area contributed by atoms with Crippen LogP contribution in [-0.2, 0) is 0 Å². The summed E-state index contributed by atoms with van der Waals surface area (Å²) in [6.07, 6.45) is 0.764. The molecule has 1 atom stereocenters. The Balaban J connectivity index is 2.34. The third kappa shape index (κ3) is 3.31. The van der Waals surface area contributed by atoms with Gasteiger partial charge in [-0.1, -0.05) is 37.3 Å². The molecule has 0 saturated heterocycles. The molecule has 0 radical (unpaired) electrons. The van der Waals surface area contributed by atoms with Gasteiger partial charge in [-0.3, -0.25) is 4.79 Å². The summed E-state index contributed by atoms with van der Waals surface area (Å²) >= 11 is 0. The molecule has 4 nitrogen and oxygen atoms in total. The minimum Gasteiger partial charge on any atom is -0.398 e. The third-order valence-electron chi connectivity index (χ3n) is 3.34. The molecule has 0 aliphatic rings. The molecule has 0 fully saturated rings. The minimum atomic E-state index is -0.677. The van der Waals surface area contributed by atoms with E-state index < -0.39 is 11.7 Å². The van der Waals surface area contributed by atoms with Gasteiger partial charge >= 0.3 is 0 Å². The van der Waals surface area contributed by atoms with Gasteiger partial charge in [0.25, 0.3) is 5.91 Å². The van der Waals surface area contributed by atoms with Gasteiger partial charge in [0.2, 0.25) is 0 Å². The van der Waals surface area contributed by atoms with Crippen LogP contribution in [0.15, 0.2) is 42.5 Å². The van der Waals surface area contributed by atoms with Crippen molar-refractivity contribution in [3.8, 4) is 0 Å². The van der Waals surface area contributed by atoms with E-state index in [0.717, 1.165) is 18.1 Å². The van der Waals surface area contributed by atoms with E-state index >= 15 is 0 Å². The van der Waals surface area contributed by atoms with Crippen molar-refractivity contribution in [2.45, 2.75) is 19.4 Å². The fourth-order valence-corrected chi connectivity index (χ4v) is 2.21. The number of hydrogen-bond donors (Lipinski definition) is 3. The number of halogens is 1. The molecule has 2 aromatic carbocycles. The van der Waals surface area contributed by atoms with E-state index in [-0.39, 0.29) is 23.0 Å². The number of nitrogens with two attached hydrogens (primary N) is 2. The number of benzene rings is 2. The average Bonchev–Trinajstić information content (AvgIpc) is 2.47. The lowest BCUT2D eigenvalue weighted by Crippen LogP contribution is -2.16. The topological polar surface area (TPSA) is 81.1 Å². The second kappa shape index (κ2) is 6.26. The van der Waals surface area contributed by atoms with Crippen molar-refractivity contribution in [3.63, 3.8) is 0 Å². The predicted octanol–water partition coefficient (Wildman–Crippen LogP) is 3.07. The highest BCUT2D eigenvalue weighted by Gasteiger charge is 2.15. The molecule has 5 heteroatoms. The van der Waals surface area contributed by atoms with Gasteiger partial charge in [0.15, 0.2) is 0 Å². The molecule has 0 aliphatic carbocycles. The van der Waals surface area contributed by atoms with Gasteiger partial charge in [0, 0.05) is 5.69 Å². The lowest BCUT2D eigenvalue weighted by molar-refractivity contribution is 0.100. The maximum Gasteiger partial charge on any atom is 0.250 e. The molecule has 21 heavy (non-hydrogen) atoms. The minimum absolute atomic E-state index is 0.0401. The number of carbonyl (C=O) groups is 1. The first-order valence-electron chi connectivity index (χ1n) is 6.73.